The second-order valence-corrected chi connectivity index (χ2v) is 7.47. The number of ether oxygens (including phenoxy) is 1. The average molecular weight is 466 g/mol. The minimum absolute atomic E-state index is 0.109. The van der Waals surface area contributed by atoms with Crippen LogP contribution in [0.15, 0.2) is 66.7 Å². The molecule has 9 heteroatoms. The van der Waals surface area contributed by atoms with E-state index in [2.05, 4.69) is 17.2 Å². The standard InChI is InChI=1S/C25H17F3N2O4/c26-25(27,28)17-12-11-16(23(14-17)30(32)33)6-5-13-29-24(31)34-15-22-20-9-3-1-7-18(20)19-8-2-4-10-21(19)22/h1-4,7-12,14,22H,13,15H2,(H,29,31). The molecular weight excluding hydrogens is 449 g/mol. The van der Waals surface area contributed by atoms with Crippen molar-refractivity contribution in [3.05, 3.63) is 99.1 Å². The number of alkyl halides is 3. The first-order valence-corrected chi connectivity index (χ1v) is 10.2. The molecule has 172 valence electrons. The molecule has 0 saturated heterocycles. The summed E-state index contributed by atoms with van der Waals surface area (Å²) >= 11 is 0. The number of hydrogen-bond donors (Lipinski definition) is 1. The Bertz CT molecular complexity index is 1280. The Morgan fingerprint density at radius 2 is 1.65 bits per heavy atom. The molecule has 3 aromatic carbocycles. The van der Waals surface area contributed by atoms with Crippen molar-refractivity contribution in [1.82, 2.24) is 5.32 Å². The van der Waals surface area contributed by atoms with Crippen molar-refractivity contribution in [2.75, 3.05) is 13.2 Å². The van der Waals surface area contributed by atoms with Crippen molar-refractivity contribution < 1.29 is 27.6 Å². The number of alkyl carbamates (subject to hydrolysis) is 1. The number of halogens is 3. The van der Waals surface area contributed by atoms with E-state index in [1.165, 1.54) is 0 Å². The van der Waals surface area contributed by atoms with E-state index in [1.807, 2.05) is 48.5 Å². The maximum absolute atomic E-state index is 12.8. The Labute approximate surface area is 192 Å². The van der Waals surface area contributed by atoms with E-state index in [9.17, 15) is 28.1 Å². The van der Waals surface area contributed by atoms with Crippen LogP contribution in [0.3, 0.4) is 0 Å². The maximum Gasteiger partial charge on any atom is 0.416 e. The first kappa shape index (κ1) is 22.9. The molecule has 34 heavy (non-hydrogen) atoms. The molecule has 0 aromatic heterocycles. The second-order valence-electron chi connectivity index (χ2n) is 7.47. The minimum Gasteiger partial charge on any atom is -0.449 e. The van der Waals surface area contributed by atoms with Crippen molar-refractivity contribution in [2.45, 2.75) is 12.1 Å². The van der Waals surface area contributed by atoms with Gasteiger partial charge in [0, 0.05) is 12.0 Å². The van der Waals surface area contributed by atoms with Gasteiger partial charge in [-0.15, -0.1) is 0 Å². The van der Waals surface area contributed by atoms with Gasteiger partial charge in [-0.1, -0.05) is 60.4 Å². The molecule has 1 N–H and O–H groups in total. The Morgan fingerprint density at radius 1 is 1.03 bits per heavy atom. The van der Waals surface area contributed by atoms with E-state index in [-0.39, 0.29) is 24.6 Å². The van der Waals surface area contributed by atoms with Crippen LogP contribution < -0.4 is 5.32 Å². The number of nitrogens with zero attached hydrogens (tertiary/aromatic N) is 1. The topological polar surface area (TPSA) is 81.5 Å². The molecule has 0 atom stereocenters. The fraction of sp³-hybridized carbons (Fsp3) is 0.160. The Kier molecular flexibility index (Phi) is 6.23. The Balaban J connectivity index is 1.37. The highest BCUT2D eigenvalue weighted by molar-refractivity contribution is 5.79. The van der Waals surface area contributed by atoms with Gasteiger partial charge in [-0.2, -0.15) is 13.2 Å². The molecule has 4 rings (SSSR count). The predicted molar refractivity (Wildman–Crippen MR) is 118 cm³/mol. The first-order chi connectivity index (χ1) is 16.3. The number of nitro benzene ring substituents is 1. The monoisotopic (exact) mass is 466 g/mol. The number of benzene rings is 3. The number of hydrogen-bond acceptors (Lipinski definition) is 4. The zero-order valence-electron chi connectivity index (χ0n) is 17.6. The number of rotatable bonds is 4. The lowest BCUT2D eigenvalue weighted by Crippen LogP contribution is -2.26. The summed E-state index contributed by atoms with van der Waals surface area (Å²) in [7, 11) is 0. The highest BCUT2D eigenvalue weighted by Crippen LogP contribution is 2.44. The fourth-order valence-corrected chi connectivity index (χ4v) is 3.87. The van der Waals surface area contributed by atoms with Crippen LogP contribution in [0.4, 0.5) is 23.7 Å². The number of nitro groups is 1. The fourth-order valence-electron chi connectivity index (χ4n) is 3.87. The Hall–Kier alpha value is -4.32. The highest BCUT2D eigenvalue weighted by Gasteiger charge is 2.33. The lowest BCUT2D eigenvalue weighted by atomic mass is 9.98. The van der Waals surface area contributed by atoms with Crippen molar-refractivity contribution in [3.8, 4) is 23.0 Å². The quantitative estimate of drug-likeness (QED) is 0.313. The third-order valence-corrected chi connectivity index (χ3v) is 5.41. The van der Waals surface area contributed by atoms with Crippen molar-refractivity contribution in [2.24, 2.45) is 0 Å². The third-order valence-electron chi connectivity index (χ3n) is 5.41. The number of amides is 1. The SMILES string of the molecule is O=C(NCC#Cc1ccc(C(F)(F)F)cc1[N+](=O)[O-])OCC1c2ccccc2-c2ccccc21. The second kappa shape index (κ2) is 9.27. The van der Waals surface area contributed by atoms with Gasteiger partial charge in [0.15, 0.2) is 0 Å². The zero-order chi connectivity index (χ0) is 24.3. The predicted octanol–water partition coefficient (Wildman–Crippen LogP) is 5.50. The largest absolute Gasteiger partial charge is 0.449 e. The van der Waals surface area contributed by atoms with Crippen molar-refractivity contribution in [3.63, 3.8) is 0 Å². The van der Waals surface area contributed by atoms with Gasteiger partial charge < -0.3 is 10.1 Å². The normalized spacial score (nSPS) is 12.2. The number of carbonyl (C=O) groups is 1. The molecule has 3 aromatic rings. The minimum atomic E-state index is -4.71. The summed E-state index contributed by atoms with van der Waals surface area (Å²) < 4.78 is 43.7. The van der Waals surface area contributed by atoms with Gasteiger partial charge in [-0.25, -0.2) is 4.79 Å². The summed E-state index contributed by atoms with van der Waals surface area (Å²) in [6, 6.07) is 17.8. The van der Waals surface area contributed by atoms with Gasteiger partial charge in [-0.05, 0) is 34.4 Å². The van der Waals surface area contributed by atoms with Crippen molar-refractivity contribution in [1.29, 1.82) is 0 Å². The molecular formula is C25H17F3N2O4. The molecule has 0 unspecified atom stereocenters. The molecule has 0 fully saturated rings. The lowest BCUT2D eigenvalue weighted by molar-refractivity contribution is -0.385. The average Bonchev–Trinajstić information content (AvgIpc) is 3.13. The highest BCUT2D eigenvalue weighted by atomic mass is 19.4. The summed E-state index contributed by atoms with van der Waals surface area (Å²) in [6.07, 6.45) is -5.43. The van der Waals surface area contributed by atoms with Crippen LogP contribution in [0.1, 0.15) is 28.2 Å². The lowest BCUT2D eigenvalue weighted by Gasteiger charge is -2.14. The third kappa shape index (κ3) is 4.71. The van der Waals surface area contributed by atoms with E-state index in [4.69, 9.17) is 4.74 Å². The van der Waals surface area contributed by atoms with Gasteiger partial charge in [0.05, 0.1) is 17.0 Å². The van der Waals surface area contributed by atoms with Crippen LogP contribution in [-0.4, -0.2) is 24.2 Å². The van der Waals surface area contributed by atoms with Gasteiger partial charge in [-0.3, -0.25) is 10.1 Å². The molecule has 0 heterocycles. The molecule has 0 bridgehead atoms. The first-order valence-electron chi connectivity index (χ1n) is 10.2. The van der Waals surface area contributed by atoms with E-state index < -0.39 is 28.4 Å². The summed E-state index contributed by atoms with van der Waals surface area (Å²) in [5.41, 5.74) is 2.22. The van der Waals surface area contributed by atoms with E-state index in [0.29, 0.717) is 6.07 Å². The van der Waals surface area contributed by atoms with Gasteiger partial charge >= 0.3 is 12.3 Å². The van der Waals surface area contributed by atoms with E-state index in [0.717, 1.165) is 34.4 Å². The van der Waals surface area contributed by atoms with Crippen LogP contribution in [0.2, 0.25) is 0 Å². The molecule has 6 nitrogen and oxygen atoms in total. The molecule has 0 radical (unpaired) electrons. The zero-order valence-corrected chi connectivity index (χ0v) is 17.6. The molecule has 1 aliphatic rings. The Morgan fingerprint density at radius 3 is 2.24 bits per heavy atom. The van der Waals surface area contributed by atoms with E-state index in [1.54, 1.807) is 0 Å². The molecule has 0 aliphatic heterocycles. The van der Waals surface area contributed by atoms with Crippen LogP contribution in [-0.2, 0) is 10.9 Å². The van der Waals surface area contributed by atoms with Gasteiger partial charge in [0.1, 0.15) is 12.2 Å². The van der Waals surface area contributed by atoms with Gasteiger partial charge in [0.25, 0.3) is 5.69 Å². The summed E-state index contributed by atoms with van der Waals surface area (Å²) in [5, 5.41) is 13.5. The van der Waals surface area contributed by atoms with Crippen LogP contribution in [0.25, 0.3) is 11.1 Å². The smallest absolute Gasteiger partial charge is 0.416 e. The molecule has 1 aliphatic carbocycles. The van der Waals surface area contributed by atoms with Crippen molar-refractivity contribution >= 4 is 11.8 Å². The maximum atomic E-state index is 12.8. The summed E-state index contributed by atoms with van der Waals surface area (Å²) in [6.45, 7) is -0.0908. The molecule has 0 spiro atoms. The summed E-state index contributed by atoms with van der Waals surface area (Å²) in [5.74, 6) is 4.81. The molecule has 1 amide bonds. The van der Waals surface area contributed by atoms with Crippen LogP contribution in [0, 0.1) is 22.0 Å². The number of fused-ring (bicyclic) bond motifs is 3. The summed E-state index contributed by atoms with van der Waals surface area (Å²) in [4.78, 5) is 22.3. The van der Waals surface area contributed by atoms with Crippen LogP contribution >= 0.6 is 0 Å². The van der Waals surface area contributed by atoms with Crippen LogP contribution in [0.5, 0.6) is 0 Å². The molecule has 0 saturated carbocycles. The van der Waals surface area contributed by atoms with Gasteiger partial charge in [0.2, 0.25) is 0 Å². The number of carbonyl (C=O) groups excluding carboxylic acids is 1. The van der Waals surface area contributed by atoms with E-state index >= 15 is 0 Å². The number of nitrogens with one attached hydrogen (secondary N) is 1.